The Labute approximate surface area is 143 Å². The third-order valence-corrected chi connectivity index (χ3v) is 5.02. The second kappa shape index (κ2) is 7.81. The Balaban J connectivity index is 1.57. The van der Waals surface area contributed by atoms with Gasteiger partial charge in [0.15, 0.2) is 0 Å². The van der Waals surface area contributed by atoms with E-state index in [4.69, 9.17) is 0 Å². The maximum Gasteiger partial charge on any atom is 0.266 e. The van der Waals surface area contributed by atoms with E-state index in [2.05, 4.69) is 26.9 Å². The van der Waals surface area contributed by atoms with Crippen LogP contribution in [-0.2, 0) is 4.79 Å². The predicted octanol–water partition coefficient (Wildman–Crippen LogP) is 2.02. The first-order chi connectivity index (χ1) is 11.7. The van der Waals surface area contributed by atoms with Crippen molar-refractivity contribution in [2.75, 3.05) is 31.1 Å². The molecule has 1 N–H and O–H groups in total. The second-order valence-corrected chi connectivity index (χ2v) is 7.24. The van der Waals surface area contributed by atoms with E-state index in [0.717, 1.165) is 57.0 Å². The highest BCUT2D eigenvalue weighted by Crippen LogP contribution is 2.30. The number of rotatable bonds is 7. The molecule has 1 aromatic heterocycles. The van der Waals surface area contributed by atoms with Gasteiger partial charge in [0.05, 0.1) is 11.9 Å². The van der Waals surface area contributed by atoms with E-state index >= 15 is 0 Å². The summed E-state index contributed by atoms with van der Waals surface area (Å²) in [5, 5.41) is 6.30. The van der Waals surface area contributed by atoms with Crippen LogP contribution in [0.3, 0.4) is 0 Å². The lowest BCUT2D eigenvalue weighted by Gasteiger charge is -2.34. The first-order valence-corrected chi connectivity index (χ1v) is 9.23. The summed E-state index contributed by atoms with van der Waals surface area (Å²) in [7, 11) is 0. The zero-order valence-electron chi connectivity index (χ0n) is 14.5. The molecule has 6 nitrogen and oxygen atoms in total. The molecule has 1 aromatic rings. The molecular formula is C18H28N4O2. The van der Waals surface area contributed by atoms with Crippen molar-refractivity contribution in [2.45, 2.75) is 45.4 Å². The molecule has 3 rings (SSSR count). The van der Waals surface area contributed by atoms with Gasteiger partial charge in [-0.15, -0.1) is 0 Å². The van der Waals surface area contributed by atoms with Gasteiger partial charge in [0, 0.05) is 38.7 Å². The summed E-state index contributed by atoms with van der Waals surface area (Å²) < 4.78 is 0. The summed E-state index contributed by atoms with van der Waals surface area (Å²) in [5.74, 6) is 1.41. The standard InChI is InChI=1S/C18H28N4O2/c1-2-7-22(12-14-5-6-14)18(24)9-15-4-3-8-21(13-15)16-10-17(23)20-19-11-16/h10-11,14-15H,2-9,12-13H2,1H3,(H,20,23). The Hall–Kier alpha value is -1.85. The number of hydrogen-bond donors (Lipinski definition) is 1. The van der Waals surface area contributed by atoms with E-state index in [1.54, 1.807) is 12.3 Å². The van der Waals surface area contributed by atoms with Crippen LogP contribution in [0.4, 0.5) is 5.69 Å². The Morgan fingerprint density at radius 1 is 1.38 bits per heavy atom. The number of piperidine rings is 1. The summed E-state index contributed by atoms with van der Waals surface area (Å²) in [5.41, 5.74) is 0.684. The maximum absolute atomic E-state index is 12.7. The zero-order valence-corrected chi connectivity index (χ0v) is 14.5. The van der Waals surface area contributed by atoms with Crippen LogP contribution in [0, 0.1) is 11.8 Å². The minimum Gasteiger partial charge on any atom is -0.370 e. The van der Waals surface area contributed by atoms with E-state index in [9.17, 15) is 9.59 Å². The van der Waals surface area contributed by atoms with Gasteiger partial charge >= 0.3 is 0 Å². The van der Waals surface area contributed by atoms with Crippen molar-refractivity contribution in [3.63, 3.8) is 0 Å². The summed E-state index contributed by atoms with van der Waals surface area (Å²) >= 11 is 0. The number of aromatic amines is 1. The fourth-order valence-electron chi connectivity index (χ4n) is 3.58. The van der Waals surface area contributed by atoms with Crippen LogP contribution in [0.25, 0.3) is 0 Å². The van der Waals surface area contributed by atoms with Gasteiger partial charge in [-0.05, 0) is 43.9 Å². The van der Waals surface area contributed by atoms with Crippen molar-refractivity contribution >= 4 is 11.6 Å². The molecule has 2 heterocycles. The van der Waals surface area contributed by atoms with Gasteiger partial charge in [-0.2, -0.15) is 5.10 Å². The summed E-state index contributed by atoms with van der Waals surface area (Å²) in [6.45, 7) is 5.72. The zero-order chi connectivity index (χ0) is 16.9. The van der Waals surface area contributed by atoms with Crippen molar-refractivity contribution in [3.8, 4) is 0 Å². The fourth-order valence-corrected chi connectivity index (χ4v) is 3.58. The Morgan fingerprint density at radius 2 is 2.21 bits per heavy atom. The van der Waals surface area contributed by atoms with Gasteiger partial charge in [-0.1, -0.05) is 6.92 Å². The lowest BCUT2D eigenvalue weighted by atomic mass is 9.94. The Bertz CT molecular complexity index is 611. The largest absolute Gasteiger partial charge is 0.370 e. The number of nitrogens with one attached hydrogen (secondary N) is 1. The quantitative estimate of drug-likeness (QED) is 0.829. The SMILES string of the molecule is CCCN(CC1CC1)C(=O)CC1CCCN(c2cn[nH]c(=O)c2)C1. The monoisotopic (exact) mass is 332 g/mol. The Kier molecular flexibility index (Phi) is 5.53. The molecule has 0 spiro atoms. The number of anilines is 1. The molecule has 132 valence electrons. The molecule has 1 saturated carbocycles. The van der Waals surface area contributed by atoms with Crippen LogP contribution >= 0.6 is 0 Å². The number of carbonyl (C=O) groups excluding carboxylic acids is 1. The molecule has 0 radical (unpaired) electrons. The number of aromatic nitrogens is 2. The van der Waals surface area contributed by atoms with Gasteiger partial charge in [-0.25, -0.2) is 5.10 Å². The summed E-state index contributed by atoms with van der Waals surface area (Å²) in [6.07, 6.45) is 8.04. The molecule has 1 amide bonds. The van der Waals surface area contributed by atoms with Crippen molar-refractivity contribution in [3.05, 3.63) is 22.6 Å². The highest BCUT2D eigenvalue weighted by molar-refractivity contribution is 5.76. The third kappa shape index (κ3) is 4.58. The molecule has 1 atom stereocenters. The van der Waals surface area contributed by atoms with Gasteiger partial charge in [0.25, 0.3) is 5.56 Å². The minimum atomic E-state index is -0.177. The minimum absolute atomic E-state index is 0.177. The van der Waals surface area contributed by atoms with E-state index in [-0.39, 0.29) is 5.56 Å². The normalized spacial score (nSPS) is 20.9. The van der Waals surface area contributed by atoms with Crippen LogP contribution in [0.5, 0.6) is 0 Å². The average molecular weight is 332 g/mol. The molecule has 1 unspecified atom stereocenters. The first-order valence-electron chi connectivity index (χ1n) is 9.23. The molecule has 1 aliphatic heterocycles. The van der Waals surface area contributed by atoms with Crippen LogP contribution in [0.2, 0.25) is 0 Å². The van der Waals surface area contributed by atoms with E-state index in [1.165, 1.54) is 12.8 Å². The number of amides is 1. The molecule has 0 aromatic carbocycles. The average Bonchev–Trinajstić information content (AvgIpc) is 3.39. The topological polar surface area (TPSA) is 69.3 Å². The lowest BCUT2D eigenvalue weighted by Crippen LogP contribution is -2.40. The van der Waals surface area contributed by atoms with Gasteiger partial charge in [-0.3, -0.25) is 9.59 Å². The van der Waals surface area contributed by atoms with E-state index in [0.29, 0.717) is 18.2 Å². The highest BCUT2D eigenvalue weighted by Gasteiger charge is 2.29. The van der Waals surface area contributed by atoms with Crippen molar-refractivity contribution < 1.29 is 4.79 Å². The smallest absolute Gasteiger partial charge is 0.266 e. The molecule has 2 fully saturated rings. The van der Waals surface area contributed by atoms with Gasteiger partial charge in [0.1, 0.15) is 0 Å². The van der Waals surface area contributed by atoms with Crippen LogP contribution < -0.4 is 10.5 Å². The molecule has 0 bridgehead atoms. The Morgan fingerprint density at radius 3 is 2.92 bits per heavy atom. The number of hydrogen-bond acceptors (Lipinski definition) is 4. The van der Waals surface area contributed by atoms with E-state index < -0.39 is 0 Å². The number of nitrogens with zero attached hydrogens (tertiary/aromatic N) is 3. The molecule has 6 heteroatoms. The first kappa shape index (κ1) is 17.0. The molecule has 1 aliphatic carbocycles. The molecule has 2 aliphatic rings. The highest BCUT2D eigenvalue weighted by atomic mass is 16.2. The van der Waals surface area contributed by atoms with Gasteiger partial charge < -0.3 is 9.80 Å². The van der Waals surface area contributed by atoms with Crippen molar-refractivity contribution in [1.82, 2.24) is 15.1 Å². The number of H-pyrrole nitrogens is 1. The van der Waals surface area contributed by atoms with Crippen LogP contribution in [-0.4, -0.2) is 47.2 Å². The molecular weight excluding hydrogens is 304 g/mol. The van der Waals surface area contributed by atoms with Crippen LogP contribution in [0.1, 0.15) is 45.4 Å². The van der Waals surface area contributed by atoms with Crippen LogP contribution in [0.15, 0.2) is 17.1 Å². The van der Waals surface area contributed by atoms with E-state index in [1.807, 2.05) is 0 Å². The lowest BCUT2D eigenvalue weighted by molar-refractivity contribution is -0.132. The third-order valence-electron chi connectivity index (χ3n) is 5.02. The molecule has 24 heavy (non-hydrogen) atoms. The van der Waals surface area contributed by atoms with Crippen molar-refractivity contribution in [2.24, 2.45) is 11.8 Å². The van der Waals surface area contributed by atoms with Gasteiger partial charge in [0.2, 0.25) is 5.91 Å². The van der Waals surface area contributed by atoms with Crippen molar-refractivity contribution in [1.29, 1.82) is 0 Å². The molecule has 1 saturated heterocycles. The fraction of sp³-hybridized carbons (Fsp3) is 0.722. The number of carbonyl (C=O) groups is 1. The second-order valence-electron chi connectivity index (χ2n) is 7.24. The summed E-state index contributed by atoms with van der Waals surface area (Å²) in [6, 6.07) is 1.59. The summed E-state index contributed by atoms with van der Waals surface area (Å²) in [4.78, 5) is 28.4. The maximum atomic E-state index is 12.7. The predicted molar refractivity (Wildman–Crippen MR) is 94.0 cm³/mol.